The van der Waals surface area contributed by atoms with Crippen LogP contribution in [0.2, 0.25) is 0 Å². The van der Waals surface area contributed by atoms with E-state index in [1.807, 2.05) is 0 Å². The number of carboxylic acids is 1. The molecule has 2 saturated heterocycles. The molecule has 0 radical (unpaired) electrons. The zero-order valence-electron chi connectivity index (χ0n) is 16.2. The topological polar surface area (TPSA) is 219 Å². The summed E-state index contributed by atoms with van der Waals surface area (Å²) in [6.07, 6.45) is 1.42. The Morgan fingerprint density at radius 2 is 2.13 bits per heavy atom. The van der Waals surface area contributed by atoms with Crippen molar-refractivity contribution in [2.45, 2.75) is 29.6 Å². The lowest BCUT2D eigenvalue weighted by Crippen LogP contribution is -2.59. The second kappa shape index (κ2) is 7.54. The Kier molecular flexibility index (Phi) is 5.35. The molecule has 0 aliphatic carbocycles. The van der Waals surface area contributed by atoms with Crippen LogP contribution in [0.25, 0.3) is 6.08 Å². The molecule has 14 heteroatoms. The lowest BCUT2D eigenvalue weighted by molar-refractivity contribution is -0.153. The lowest BCUT2D eigenvalue weighted by Gasteiger charge is -2.37. The number of carboxylic acid groups (broad SMARTS) is 1. The van der Waals surface area contributed by atoms with Crippen molar-refractivity contribution in [3.05, 3.63) is 35.2 Å². The maximum absolute atomic E-state index is 13.2. The van der Waals surface area contributed by atoms with E-state index in [1.54, 1.807) is 12.1 Å². The molecular weight excluding hydrogens is 432 g/mol. The Labute approximate surface area is 176 Å². The van der Waals surface area contributed by atoms with Crippen molar-refractivity contribution in [1.29, 1.82) is 5.41 Å². The van der Waals surface area contributed by atoms with E-state index in [0.29, 0.717) is 5.56 Å². The third-order valence-electron chi connectivity index (χ3n) is 5.17. The number of carbonyl (C=O) groups excluding carboxylic acids is 2. The molecule has 1 aromatic heterocycles. The first-order valence-corrected chi connectivity index (χ1v) is 10.4. The summed E-state index contributed by atoms with van der Waals surface area (Å²) in [6, 6.07) is 1.44. The van der Waals surface area contributed by atoms with Crippen LogP contribution in [0.1, 0.15) is 18.2 Å². The summed E-state index contributed by atoms with van der Waals surface area (Å²) >= 11 is 0. The fraction of sp³-hybridized carbons (Fsp3) is 0.353. The van der Waals surface area contributed by atoms with E-state index in [2.05, 4.69) is 15.0 Å². The number of amides is 2. The highest BCUT2D eigenvalue weighted by Gasteiger charge is 2.72. The monoisotopic (exact) mass is 452 g/mol. The molecular formula is C17H20N6O7S. The Morgan fingerprint density at radius 3 is 2.71 bits per heavy atom. The number of ether oxygens (including phenoxy) is 1. The number of rotatable bonds is 6. The molecule has 0 spiro atoms. The highest BCUT2D eigenvalue weighted by atomic mass is 32.2. The second-order valence-corrected chi connectivity index (χ2v) is 9.70. The SMILES string of the molecule is C[C@]1(COC(N)=O)[C@H](C(=O)O)N2C(=O)/C(=C/c3cc(CNC(=N)N)ccn3)C2S1(=O)=O. The van der Waals surface area contributed by atoms with Gasteiger partial charge in [-0.05, 0) is 30.7 Å². The van der Waals surface area contributed by atoms with Gasteiger partial charge < -0.3 is 31.5 Å². The number of hydrogen-bond donors (Lipinski definition) is 5. The summed E-state index contributed by atoms with van der Waals surface area (Å²) < 4.78 is 28.9. The van der Waals surface area contributed by atoms with Gasteiger partial charge in [-0.25, -0.2) is 18.0 Å². The van der Waals surface area contributed by atoms with Crippen molar-refractivity contribution >= 4 is 39.8 Å². The van der Waals surface area contributed by atoms with Crippen LogP contribution in [0, 0.1) is 5.41 Å². The molecule has 1 aromatic rings. The molecule has 0 bridgehead atoms. The molecule has 0 aromatic carbocycles. The minimum atomic E-state index is -4.31. The quantitative estimate of drug-likeness (QED) is 0.143. The number of nitrogens with zero attached hydrogens (tertiary/aromatic N) is 2. The number of pyridine rings is 1. The van der Waals surface area contributed by atoms with Crippen LogP contribution in [0.4, 0.5) is 4.79 Å². The van der Waals surface area contributed by atoms with Gasteiger partial charge in [0.15, 0.2) is 27.2 Å². The minimum Gasteiger partial charge on any atom is -0.480 e. The van der Waals surface area contributed by atoms with Crippen molar-refractivity contribution in [2.75, 3.05) is 6.61 Å². The first kappa shape index (κ1) is 22.0. The van der Waals surface area contributed by atoms with Crippen LogP contribution in [0.15, 0.2) is 23.9 Å². The Balaban J connectivity index is 1.98. The third-order valence-corrected chi connectivity index (χ3v) is 7.88. The summed E-state index contributed by atoms with van der Waals surface area (Å²) in [5.74, 6) is -2.57. The Bertz CT molecular complexity index is 1120. The van der Waals surface area contributed by atoms with Gasteiger partial charge in [-0.15, -0.1) is 0 Å². The molecule has 7 N–H and O–H groups in total. The molecule has 31 heavy (non-hydrogen) atoms. The molecule has 0 saturated carbocycles. The number of fused-ring (bicyclic) bond motifs is 1. The number of nitrogens with two attached hydrogens (primary N) is 2. The fourth-order valence-electron chi connectivity index (χ4n) is 3.65. The van der Waals surface area contributed by atoms with Gasteiger partial charge in [0.1, 0.15) is 11.4 Å². The molecule has 3 atom stereocenters. The molecule has 2 fully saturated rings. The lowest BCUT2D eigenvalue weighted by atomic mass is 9.94. The van der Waals surface area contributed by atoms with Gasteiger partial charge in [0.2, 0.25) is 0 Å². The van der Waals surface area contributed by atoms with Crippen LogP contribution < -0.4 is 16.8 Å². The highest BCUT2D eigenvalue weighted by Crippen LogP contribution is 2.49. The van der Waals surface area contributed by atoms with E-state index >= 15 is 0 Å². The molecule has 2 amide bonds. The third kappa shape index (κ3) is 3.54. The first-order chi connectivity index (χ1) is 14.4. The first-order valence-electron chi connectivity index (χ1n) is 8.85. The number of carbonyl (C=O) groups is 3. The molecule has 3 heterocycles. The predicted octanol–water partition coefficient (Wildman–Crippen LogP) is -1.65. The van der Waals surface area contributed by atoms with E-state index in [1.165, 1.54) is 12.3 Å². The van der Waals surface area contributed by atoms with Crippen LogP contribution >= 0.6 is 0 Å². The largest absolute Gasteiger partial charge is 0.480 e. The molecule has 2 aliphatic heterocycles. The maximum atomic E-state index is 13.2. The van der Waals surface area contributed by atoms with Gasteiger partial charge in [-0.2, -0.15) is 0 Å². The van der Waals surface area contributed by atoms with Crippen molar-refractivity contribution in [2.24, 2.45) is 11.5 Å². The van der Waals surface area contributed by atoms with Crippen molar-refractivity contribution < 1.29 is 32.6 Å². The minimum absolute atomic E-state index is 0.154. The number of aromatic nitrogens is 1. The van der Waals surface area contributed by atoms with Crippen LogP contribution in [0.3, 0.4) is 0 Å². The molecule has 13 nitrogen and oxygen atoms in total. The number of nitrogens with one attached hydrogen (secondary N) is 2. The average Bonchev–Trinajstić information content (AvgIpc) is 2.85. The van der Waals surface area contributed by atoms with Gasteiger partial charge in [0.25, 0.3) is 5.91 Å². The zero-order chi connectivity index (χ0) is 23.1. The average molecular weight is 452 g/mol. The van der Waals surface area contributed by atoms with Gasteiger partial charge in [-0.1, -0.05) is 0 Å². The van der Waals surface area contributed by atoms with Gasteiger partial charge in [0, 0.05) is 12.7 Å². The fourth-order valence-corrected chi connectivity index (χ4v) is 5.93. The number of sulfone groups is 1. The number of β-lactam (4-membered cyclic amide) rings is 1. The van der Waals surface area contributed by atoms with E-state index in [0.717, 1.165) is 11.8 Å². The number of guanidine groups is 1. The second-order valence-electron chi connectivity index (χ2n) is 7.23. The Morgan fingerprint density at radius 1 is 1.45 bits per heavy atom. The van der Waals surface area contributed by atoms with E-state index in [4.69, 9.17) is 16.9 Å². The van der Waals surface area contributed by atoms with E-state index in [9.17, 15) is 27.9 Å². The smallest absolute Gasteiger partial charge is 0.404 e. The zero-order valence-corrected chi connectivity index (χ0v) is 17.0. The van der Waals surface area contributed by atoms with Crippen LogP contribution in [0.5, 0.6) is 0 Å². The Hall–Kier alpha value is -3.68. The molecule has 2 aliphatic rings. The molecule has 3 rings (SSSR count). The van der Waals surface area contributed by atoms with Crippen LogP contribution in [-0.2, 0) is 30.7 Å². The predicted molar refractivity (Wildman–Crippen MR) is 106 cm³/mol. The standard InChI is InChI=1S/C17H20N6O7S/c1-17(7-30-16(20)27)11(14(25)26)23-12(24)10(13(23)31(17,28)29)5-9-4-8(2-3-21-9)6-22-15(18)19/h2-5,11,13H,6-7H2,1H3,(H2,20,27)(H,25,26)(H4,18,19,22)/b10-5-/t11-,13?,17-/m0/s1. The number of aliphatic carboxylic acids is 1. The van der Waals surface area contributed by atoms with Crippen molar-refractivity contribution in [3.8, 4) is 0 Å². The molecule has 1 unspecified atom stereocenters. The number of primary amides is 1. The summed E-state index contributed by atoms with van der Waals surface area (Å²) in [5.41, 5.74) is 10.9. The van der Waals surface area contributed by atoms with Crippen LogP contribution in [-0.4, -0.2) is 70.1 Å². The molecule has 166 valence electrons. The van der Waals surface area contributed by atoms with Gasteiger partial charge >= 0.3 is 12.1 Å². The summed E-state index contributed by atoms with van der Waals surface area (Å²) in [5, 5.41) is 17.9. The van der Waals surface area contributed by atoms with E-state index < -0.39 is 50.6 Å². The van der Waals surface area contributed by atoms with E-state index in [-0.39, 0.29) is 23.8 Å². The van der Waals surface area contributed by atoms with Gasteiger partial charge in [-0.3, -0.25) is 15.2 Å². The number of hydrogen-bond acceptors (Lipinski definition) is 8. The maximum Gasteiger partial charge on any atom is 0.404 e. The van der Waals surface area contributed by atoms with Crippen molar-refractivity contribution in [1.82, 2.24) is 15.2 Å². The van der Waals surface area contributed by atoms with Gasteiger partial charge in [0.05, 0.1) is 11.3 Å². The van der Waals surface area contributed by atoms with Crippen molar-refractivity contribution in [3.63, 3.8) is 0 Å². The summed E-state index contributed by atoms with van der Waals surface area (Å²) in [6.45, 7) is 0.485. The summed E-state index contributed by atoms with van der Waals surface area (Å²) in [4.78, 5) is 40.3. The highest BCUT2D eigenvalue weighted by molar-refractivity contribution is 7.94. The normalized spacial score (nSPS) is 27.3. The summed E-state index contributed by atoms with van der Waals surface area (Å²) in [7, 11) is -4.31.